The predicted molar refractivity (Wildman–Crippen MR) is 124 cm³/mol. The fourth-order valence-electron chi connectivity index (χ4n) is 6.27. The largest absolute Gasteiger partial charge is 0.381 e. The predicted octanol–water partition coefficient (Wildman–Crippen LogP) is 5.72. The summed E-state index contributed by atoms with van der Waals surface area (Å²) < 4.78 is 36.2. The Bertz CT molecular complexity index is 915. The molecule has 1 unspecified atom stereocenters. The van der Waals surface area contributed by atoms with Crippen LogP contribution in [0.25, 0.3) is 0 Å². The SMILES string of the molecule is CC1CCC(C=NS(=O)(=O)c2ccc3c(c2)[C@H]2OCC[C@H]2C(C2CCCCC2)N3)CC1. The van der Waals surface area contributed by atoms with Gasteiger partial charge in [-0.2, -0.15) is 12.8 Å². The van der Waals surface area contributed by atoms with Crippen LogP contribution in [0.2, 0.25) is 0 Å². The highest BCUT2D eigenvalue weighted by Gasteiger charge is 2.44. The number of rotatable bonds is 4. The van der Waals surface area contributed by atoms with Crippen LogP contribution in [0.5, 0.6) is 0 Å². The van der Waals surface area contributed by atoms with Crippen LogP contribution >= 0.6 is 0 Å². The second-order valence-electron chi connectivity index (χ2n) is 10.3. The lowest BCUT2D eigenvalue weighted by Gasteiger charge is -2.42. The maximum atomic E-state index is 13.0. The number of anilines is 1. The zero-order chi connectivity index (χ0) is 21.4. The standard InChI is InChI=1S/C25H36N2O3S/c1-17-7-9-18(10-8-17)16-26-31(28,29)20-11-12-23-22(15-20)25-21(13-14-30-25)24(27-23)19-5-3-2-4-6-19/h11-12,15-19,21,24-25,27H,2-10,13-14H2,1H3/t17?,18?,21-,24?,25-/m0/s1. The van der Waals surface area contributed by atoms with E-state index in [0.717, 1.165) is 55.9 Å². The van der Waals surface area contributed by atoms with Gasteiger partial charge in [0.1, 0.15) is 0 Å². The van der Waals surface area contributed by atoms with Gasteiger partial charge >= 0.3 is 0 Å². The van der Waals surface area contributed by atoms with Gasteiger partial charge in [0.15, 0.2) is 0 Å². The Hall–Kier alpha value is -1.40. The number of benzene rings is 1. The molecule has 0 bridgehead atoms. The summed E-state index contributed by atoms with van der Waals surface area (Å²) in [5.74, 6) is 2.15. The summed E-state index contributed by atoms with van der Waals surface area (Å²) in [6, 6.07) is 5.91. The number of nitrogens with one attached hydrogen (secondary N) is 1. The van der Waals surface area contributed by atoms with Crippen molar-refractivity contribution in [2.45, 2.75) is 88.2 Å². The van der Waals surface area contributed by atoms with Crippen LogP contribution in [0.1, 0.15) is 82.8 Å². The Morgan fingerprint density at radius 1 is 1.03 bits per heavy atom. The van der Waals surface area contributed by atoms with Crippen molar-refractivity contribution in [3.8, 4) is 0 Å². The molecule has 3 atom stereocenters. The molecule has 2 aliphatic heterocycles. The Balaban J connectivity index is 1.37. The van der Waals surface area contributed by atoms with Crippen LogP contribution in [-0.4, -0.2) is 27.3 Å². The summed E-state index contributed by atoms with van der Waals surface area (Å²) in [5.41, 5.74) is 2.04. The Morgan fingerprint density at radius 2 is 1.81 bits per heavy atom. The fourth-order valence-corrected chi connectivity index (χ4v) is 7.24. The van der Waals surface area contributed by atoms with E-state index in [2.05, 4.69) is 16.6 Å². The molecular weight excluding hydrogens is 408 g/mol. The molecule has 0 amide bonds. The van der Waals surface area contributed by atoms with Crippen molar-refractivity contribution in [1.29, 1.82) is 0 Å². The second kappa shape index (κ2) is 8.86. The highest BCUT2D eigenvalue weighted by Crippen LogP contribution is 2.48. The van der Waals surface area contributed by atoms with E-state index in [4.69, 9.17) is 4.74 Å². The van der Waals surface area contributed by atoms with E-state index in [1.807, 2.05) is 12.1 Å². The number of ether oxygens (including phenoxy) is 1. The van der Waals surface area contributed by atoms with E-state index in [1.165, 1.54) is 32.1 Å². The highest BCUT2D eigenvalue weighted by molar-refractivity contribution is 7.90. The normalized spacial score (nSPS) is 34.3. The van der Waals surface area contributed by atoms with Crippen molar-refractivity contribution >= 4 is 21.9 Å². The quantitative estimate of drug-likeness (QED) is 0.603. The molecule has 2 heterocycles. The minimum atomic E-state index is -3.68. The van der Waals surface area contributed by atoms with Gasteiger partial charge in [0.25, 0.3) is 10.0 Å². The molecule has 5 nitrogen and oxygen atoms in total. The summed E-state index contributed by atoms with van der Waals surface area (Å²) in [7, 11) is -3.68. The minimum absolute atomic E-state index is 0.00198. The summed E-state index contributed by atoms with van der Waals surface area (Å²) in [6.07, 6.45) is 13.7. The van der Waals surface area contributed by atoms with Gasteiger partial charge in [0, 0.05) is 36.0 Å². The average Bonchev–Trinajstić information content (AvgIpc) is 3.29. The third-order valence-electron chi connectivity index (χ3n) is 8.18. The third kappa shape index (κ3) is 4.43. The van der Waals surface area contributed by atoms with E-state index in [1.54, 1.807) is 12.3 Å². The second-order valence-corrected chi connectivity index (χ2v) is 11.9. The van der Waals surface area contributed by atoms with Crippen LogP contribution in [0.3, 0.4) is 0 Å². The molecule has 1 saturated heterocycles. The highest BCUT2D eigenvalue weighted by atomic mass is 32.2. The van der Waals surface area contributed by atoms with Crippen LogP contribution in [-0.2, 0) is 14.8 Å². The van der Waals surface area contributed by atoms with Crippen molar-refractivity contribution in [3.05, 3.63) is 23.8 Å². The van der Waals surface area contributed by atoms with Gasteiger partial charge < -0.3 is 10.1 Å². The summed E-state index contributed by atoms with van der Waals surface area (Å²) in [5, 5.41) is 3.79. The van der Waals surface area contributed by atoms with Crippen molar-refractivity contribution in [1.82, 2.24) is 0 Å². The molecular formula is C25H36N2O3S. The molecule has 0 radical (unpaired) electrons. The van der Waals surface area contributed by atoms with Crippen molar-refractivity contribution in [3.63, 3.8) is 0 Å². The molecule has 4 aliphatic rings. The average molecular weight is 445 g/mol. The molecule has 1 aromatic rings. The number of fused-ring (bicyclic) bond motifs is 3. The number of hydrogen-bond acceptors (Lipinski definition) is 4. The zero-order valence-electron chi connectivity index (χ0n) is 18.6. The third-order valence-corrected chi connectivity index (χ3v) is 9.43. The topological polar surface area (TPSA) is 67.8 Å². The zero-order valence-corrected chi connectivity index (χ0v) is 19.4. The monoisotopic (exact) mass is 444 g/mol. The first kappa shape index (κ1) is 21.4. The van der Waals surface area contributed by atoms with E-state index in [-0.39, 0.29) is 12.0 Å². The molecule has 5 rings (SSSR count). The summed E-state index contributed by atoms with van der Waals surface area (Å²) in [6.45, 7) is 3.03. The van der Waals surface area contributed by atoms with Gasteiger partial charge in [-0.3, -0.25) is 0 Å². The first-order chi connectivity index (χ1) is 15.0. The molecule has 1 N–H and O–H groups in total. The lowest BCUT2D eigenvalue weighted by atomic mass is 9.73. The molecule has 3 fully saturated rings. The molecule has 0 aromatic heterocycles. The van der Waals surface area contributed by atoms with Crippen LogP contribution in [0, 0.1) is 23.7 Å². The van der Waals surface area contributed by atoms with Crippen molar-refractivity contribution in [2.24, 2.45) is 28.1 Å². The minimum Gasteiger partial charge on any atom is -0.381 e. The van der Waals surface area contributed by atoms with Gasteiger partial charge in [-0.25, -0.2) is 0 Å². The number of nitrogens with zero attached hydrogens (tertiary/aromatic N) is 1. The maximum Gasteiger partial charge on any atom is 0.281 e. The molecule has 1 aromatic carbocycles. The summed E-state index contributed by atoms with van der Waals surface area (Å²) in [4.78, 5) is 0.291. The molecule has 2 aliphatic carbocycles. The van der Waals surface area contributed by atoms with Crippen LogP contribution < -0.4 is 5.32 Å². The molecule has 6 heteroatoms. The van der Waals surface area contributed by atoms with E-state index < -0.39 is 10.0 Å². The number of sulfonamides is 1. The Labute approximate surface area is 187 Å². The maximum absolute atomic E-state index is 13.0. The summed E-state index contributed by atoms with van der Waals surface area (Å²) >= 11 is 0. The molecule has 170 valence electrons. The molecule has 31 heavy (non-hydrogen) atoms. The number of hydrogen-bond donors (Lipinski definition) is 1. The first-order valence-electron chi connectivity index (χ1n) is 12.3. The smallest absolute Gasteiger partial charge is 0.281 e. The molecule has 2 saturated carbocycles. The van der Waals surface area contributed by atoms with Gasteiger partial charge in [-0.15, -0.1) is 0 Å². The van der Waals surface area contributed by atoms with Crippen LogP contribution in [0.4, 0.5) is 5.69 Å². The van der Waals surface area contributed by atoms with Crippen LogP contribution in [0.15, 0.2) is 27.5 Å². The Morgan fingerprint density at radius 3 is 2.58 bits per heavy atom. The molecule has 0 spiro atoms. The van der Waals surface area contributed by atoms with Gasteiger partial charge in [0.2, 0.25) is 0 Å². The lowest BCUT2D eigenvalue weighted by molar-refractivity contribution is 0.0730. The lowest BCUT2D eigenvalue weighted by Crippen LogP contribution is -2.42. The van der Waals surface area contributed by atoms with Gasteiger partial charge in [0.05, 0.1) is 11.0 Å². The fraction of sp³-hybridized carbons (Fsp3) is 0.720. The van der Waals surface area contributed by atoms with E-state index in [0.29, 0.717) is 22.8 Å². The van der Waals surface area contributed by atoms with Gasteiger partial charge in [-0.1, -0.05) is 39.0 Å². The Kier molecular flexibility index (Phi) is 6.13. The first-order valence-corrected chi connectivity index (χ1v) is 13.8. The van der Waals surface area contributed by atoms with Crippen molar-refractivity contribution in [2.75, 3.05) is 11.9 Å². The van der Waals surface area contributed by atoms with Gasteiger partial charge in [-0.05, 0) is 68.1 Å². The van der Waals surface area contributed by atoms with Crippen molar-refractivity contribution < 1.29 is 13.2 Å². The van der Waals surface area contributed by atoms with E-state index in [9.17, 15) is 8.42 Å². The van der Waals surface area contributed by atoms with E-state index >= 15 is 0 Å².